The number of nitrogens with one attached hydrogen (secondary N) is 1. The summed E-state index contributed by atoms with van der Waals surface area (Å²) in [6.07, 6.45) is 2.09. The van der Waals surface area contributed by atoms with Gasteiger partial charge in [-0.3, -0.25) is 14.9 Å². The summed E-state index contributed by atoms with van der Waals surface area (Å²) in [5.74, 6) is 0.131. The Balaban J connectivity index is 1.55. The number of aromatic nitrogens is 1. The molecule has 1 N–H and O–H groups in total. The summed E-state index contributed by atoms with van der Waals surface area (Å²) in [6, 6.07) is 9.18. The Morgan fingerprint density at radius 3 is 2.88 bits per heavy atom. The molecule has 25 heavy (non-hydrogen) atoms. The summed E-state index contributed by atoms with van der Waals surface area (Å²) < 4.78 is 10.5. The molecule has 0 radical (unpaired) electrons. The fraction of sp³-hybridized carbons (Fsp3) is 0.389. The van der Waals surface area contributed by atoms with Gasteiger partial charge in [-0.1, -0.05) is 18.2 Å². The number of hydrogen-bond acceptors (Lipinski definition) is 6. The van der Waals surface area contributed by atoms with E-state index in [1.54, 1.807) is 12.1 Å². The molecule has 0 bridgehead atoms. The molecule has 3 rings (SSSR count). The van der Waals surface area contributed by atoms with Crippen molar-refractivity contribution in [2.75, 3.05) is 18.5 Å². The molecule has 1 amide bonds. The van der Waals surface area contributed by atoms with Crippen LogP contribution in [0, 0.1) is 5.92 Å². The van der Waals surface area contributed by atoms with E-state index in [0.29, 0.717) is 23.9 Å². The molecule has 0 saturated carbocycles. The second-order valence-electron chi connectivity index (χ2n) is 5.73. The quantitative estimate of drug-likeness (QED) is 0.802. The Bertz CT molecular complexity index is 745. The monoisotopic (exact) mass is 360 g/mol. The van der Waals surface area contributed by atoms with Gasteiger partial charge in [-0.05, 0) is 38.3 Å². The van der Waals surface area contributed by atoms with Gasteiger partial charge in [0.2, 0.25) is 0 Å². The number of amides is 1. The molecule has 1 aromatic heterocycles. The smallest absolute Gasteiger partial charge is 0.309 e. The molecule has 1 aromatic carbocycles. The summed E-state index contributed by atoms with van der Waals surface area (Å²) in [7, 11) is 0. The van der Waals surface area contributed by atoms with Crippen LogP contribution in [0.2, 0.25) is 0 Å². The maximum Gasteiger partial charge on any atom is 0.309 e. The van der Waals surface area contributed by atoms with Crippen molar-refractivity contribution < 1.29 is 19.1 Å². The highest BCUT2D eigenvalue weighted by Gasteiger charge is 2.28. The maximum absolute atomic E-state index is 12.0. The Morgan fingerprint density at radius 1 is 1.32 bits per heavy atom. The highest BCUT2D eigenvalue weighted by Crippen LogP contribution is 2.32. The lowest BCUT2D eigenvalue weighted by molar-refractivity contribution is -0.148. The molecule has 0 aliphatic heterocycles. The van der Waals surface area contributed by atoms with Crippen molar-refractivity contribution in [3.8, 4) is 5.75 Å². The number of hydrogen-bond donors (Lipinski definition) is 1. The number of esters is 1. The minimum absolute atomic E-state index is 0.0697. The summed E-state index contributed by atoms with van der Waals surface area (Å²) in [4.78, 5) is 29.4. The summed E-state index contributed by atoms with van der Waals surface area (Å²) in [5, 5.41) is 3.32. The van der Waals surface area contributed by atoms with E-state index < -0.39 is 0 Å². The average Bonchev–Trinajstić information content (AvgIpc) is 3.02. The molecule has 1 aliphatic carbocycles. The highest BCUT2D eigenvalue weighted by molar-refractivity contribution is 7.15. The standard InChI is InChI=1S/C18H20N2O4S/c1-2-23-17(22)12-8-9-14-15(10-12)25-18(19-14)20-16(21)11-24-13-6-4-3-5-7-13/h3-7,12H,2,8-11H2,1H3,(H,19,20,21). The van der Waals surface area contributed by atoms with Crippen molar-refractivity contribution in [1.82, 2.24) is 4.98 Å². The van der Waals surface area contributed by atoms with Crippen LogP contribution in [0.1, 0.15) is 23.9 Å². The van der Waals surface area contributed by atoms with Crippen LogP contribution >= 0.6 is 11.3 Å². The zero-order chi connectivity index (χ0) is 17.6. The lowest BCUT2D eigenvalue weighted by atomic mass is 9.91. The van der Waals surface area contributed by atoms with Gasteiger partial charge < -0.3 is 9.47 Å². The van der Waals surface area contributed by atoms with Gasteiger partial charge in [-0.15, -0.1) is 11.3 Å². The van der Waals surface area contributed by atoms with E-state index in [4.69, 9.17) is 9.47 Å². The summed E-state index contributed by atoms with van der Waals surface area (Å²) >= 11 is 1.42. The molecule has 0 spiro atoms. The molecule has 6 nitrogen and oxygen atoms in total. The molecule has 0 saturated heterocycles. The zero-order valence-corrected chi connectivity index (χ0v) is 14.8. The highest BCUT2D eigenvalue weighted by atomic mass is 32.1. The van der Waals surface area contributed by atoms with E-state index in [9.17, 15) is 9.59 Å². The molecule has 1 aliphatic rings. The van der Waals surface area contributed by atoms with Gasteiger partial charge in [-0.2, -0.15) is 0 Å². The number of para-hydroxylation sites is 1. The van der Waals surface area contributed by atoms with Crippen molar-refractivity contribution in [3.63, 3.8) is 0 Å². The van der Waals surface area contributed by atoms with Crippen LogP contribution in [0.25, 0.3) is 0 Å². The number of carbonyl (C=O) groups excluding carboxylic acids is 2. The SMILES string of the molecule is CCOC(=O)C1CCc2nc(NC(=O)COc3ccccc3)sc2C1. The zero-order valence-electron chi connectivity index (χ0n) is 14.0. The van der Waals surface area contributed by atoms with E-state index >= 15 is 0 Å². The number of nitrogens with zero attached hydrogens (tertiary/aromatic N) is 1. The Kier molecular flexibility index (Phi) is 5.65. The number of rotatable bonds is 6. The van der Waals surface area contributed by atoms with Crippen LogP contribution < -0.4 is 10.1 Å². The Morgan fingerprint density at radius 2 is 2.12 bits per heavy atom. The van der Waals surface area contributed by atoms with Crippen molar-refractivity contribution in [2.24, 2.45) is 5.92 Å². The van der Waals surface area contributed by atoms with Gasteiger partial charge in [0.15, 0.2) is 11.7 Å². The normalized spacial score (nSPS) is 16.0. The number of fused-ring (bicyclic) bond motifs is 1. The molecular weight excluding hydrogens is 340 g/mol. The lowest BCUT2D eigenvalue weighted by Crippen LogP contribution is -2.24. The Labute approximate surface area is 150 Å². The van der Waals surface area contributed by atoms with Crippen molar-refractivity contribution in [3.05, 3.63) is 40.9 Å². The van der Waals surface area contributed by atoms with E-state index in [-0.39, 0.29) is 24.4 Å². The minimum Gasteiger partial charge on any atom is -0.484 e. The molecule has 1 unspecified atom stereocenters. The molecule has 7 heteroatoms. The number of anilines is 1. The van der Waals surface area contributed by atoms with Crippen LogP contribution in [0.15, 0.2) is 30.3 Å². The Hall–Kier alpha value is -2.41. The first kappa shape index (κ1) is 17.4. The van der Waals surface area contributed by atoms with Gasteiger partial charge in [0.05, 0.1) is 18.2 Å². The fourth-order valence-electron chi connectivity index (χ4n) is 2.71. The second-order valence-corrected chi connectivity index (χ2v) is 6.81. The van der Waals surface area contributed by atoms with Gasteiger partial charge >= 0.3 is 5.97 Å². The number of ether oxygens (including phenoxy) is 2. The van der Waals surface area contributed by atoms with Crippen LogP contribution in [0.3, 0.4) is 0 Å². The topological polar surface area (TPSA) is 77.5 Å². The number of benzene rings is 1. The molecule has 1 heterocycles. The van der Waals surface area contributed by atoms with Gasteiger partial charge in [-0.25, -0.2) is 4.98 Å². The molecule has 1 atom stereocenters. The summed E-state index contributed by atoms with van der Waals surface area (Å²) in [6.45, 7) is 2.14. The fourth-order valence-corrected chi connectivity index (χ4v) is 3.81. The maximum atomic E-state index is 12.0. The first-order valence-corrected chi connectivity index (χ1v) is 9.10. The largest absolute Gasteiger partial charge is 0.484 e. The molecule has 132 valence electrons. The van der Waals surface area contributed by atoms with Crippen LogP contribution in [-0.2, 0) is 27.2 Å². The van der Waals surface area contributed by atoms with E-state index in [1.165, 1.54) is 11.3 Å². The minimum atomic E-state index is -0.253. The molecular formula is C18H20N2O4S. The lowest BCUT2D eigenvalue weighted by Gasteiger charge is -2.18. The average molecular weight is 360 g/mol. The van der Waals surface area contributed by atoms with Crippen LogP contribution in [-0.4, -0.2) is 30.1 Å². The van der Waals surface area contributed by atoms with Crippen LogP contribution in [0.5, 0.6) is 5.75 Å². The first-order valence-electron chi connectivity index (χ1n) is 8.28. The molecule has 0 fully saturated rings. The van der Waals surface area contributed by atoms with Crippen molar-refractivity contribution >= 4 is 28.3 Å². The van der Waals surface area contributed by atoms with Gasteiger partial charge in [0.25, 0.3) is 5.91 Å². The number of thiazole rings is 1. The van der Waals surface area contributed by atoms with E-state index in [2.05, 4.69) is 10.3 Å². The molecule has 2 aromatic rings. The third-order valence-corrected chi connectivity index (χ3v) is 4.95. The van der Waals surface area contributed by atoms with Gasteiger partial charge in [0, 0.05) is 4.88 Å². The van der Waals surface area contributed by atoms with Gasteiger partial charge in [0.1, 0.15) is 5.75 Å². The summed E-state index contributed by atoms with van der Waals surface area (Å²) in [5.41, 5.74) is 0.963. The van der Waals surface area contributed by atoms with Crippen molar-refractivity contribution in [2.45, 2.75) is 26.2 Å². The first-order chi connectivity index (χ1) is 12.2. The predicted octanol–water partition coefficient (Wildman–Crippen LogP) is 2.83. The number of carbonyl (C=O) groups is 2. The van der Waals surface area contributed by atoms with E-state index in [0.717, 1.165) is 23.4 Å². The second kappa shape index (κ2) is 8.11. The third-order valence-electron chi connectivity index (χ3n) is 3.92. The van der Waals surface area contributed by atoms with E-state index in [1.807, 2.05) is 25.1 Å². The van der Waals surface area contributed by atoms with Crippen LogP contribution in [0.4, 0.5) is 5.13 Å². The third kappa shape index (κ3) is 4.57. The predicted molar refractivity (Wildman–Crippen MR) is 94.8 cm³/mol. The number of aryl methyl sites for hydroxylation is 1. The van der Waals surface area contributed by atoms with Crippen molar-refractivity contribution in [1.29, 1.82) is 0 Å².